The lowest BCUT2D eigenvalue weighted by Crippen LogP contribution is -2.63. The van der Waals surface area contributed by atoms with Gasteiger partial charge in [-0.25, -0.2) is 4.79 Å². The van der Waals surface area contributed by atoms with E-state index >= 15 is 0 Å². The lowest BCUT2D eigenvalue weighted by molar-refractivity contribution is -0.202. The van der Waals surface area contributed by atoms with Gasteiger partial charge in [-0.05, 0) is 38.5 Å². The summed E-state index contributed by atoms with van der Waals surface area (Å²) in [6.07, 6.45) is 3.63. The first-order valence-corrected chi connectivity index (χ1v) is 7.27. The van der Waals surface area contributed by atoms with Crippen LogP contribution >= 0.6 is 0 Å². The smallest absolute Gasteiger partial charge is 0.333 e. The largest absolute Gasteiger partial charge is 0.454 e. The van der Waals surface area contributed by atoms with Crippen molar-refractivity contribution < 1.29 is 14.3 Å². The summed E-state index contributed by atoms with van der Waals surface area (Å²) in [5.41, 5.74) is -0.571. The SMILES string of the molecule is C=C(C)C(=O)OC1(CC#N)[C@H]2C[C@@H]3C[C@H](C2)C(=O)[C@H]1C3. The molecular weight excluding hydrogens is 254 g/mol. The zero-order chi connectivity index (χ0) is 14.5. The fourth-order valence-electron chi connectivity index (χ4n) is 4.56. The van der Waals surface area contributed by atoms with Crippen LogP contribution in [0.4, 0.5) is 0 Å². The lowest BCUT2D eigenvalue weighted by atomic mass is 9.48. The molecule has 0 spiro atoms. The summed E-state index contributed by atoms with van der Waals surface area (Å²) in [7, 11) is 0. The third kappa shape index (κ3) is 1.72. The first-order chi connectivity index (χ1) is 9.48. The van der Waals surface area contributed by atoms with Gasteiger partial charge in [-0.1, -0.05) is 6.58 Å². The van der Waals surface area contributed by atoms with Gasteiger partial charge in [0.25, 0.3) is 0 Å². The highest BCUT2D eigenvalue weighted by Crippen LogP contribution is 2.59. The van der Waals surface area contributed by atoms with Crippen molar-refractivity contribution in [3.05, 3.63) is 12.2 Å². The summed E-state index contributed by atoms with van der Waals surface area (Å²) in [6, 6.07) is 2.14. The van der Waals surface area contributed by atoms with Crippen molar-refractivity contribution in [2.45, 2.75) is 44.6 Å². The summed E-state index contributed by atoms with van der Waals surface area (Å²) in [4.78, 5) is 24.5. The van der Waals surface area contributed by atoms with E-state index in [-0.39, 0.29) is 30.0 Å². The van der Waals surface area contributed by atoms with Crippen LogP contribution < -0.4 is 0 Å². The monoisotopic (exact) mass is 273 g/mol. The number of esters is 1. The molecule has 0 N–H and O–H groups in total. The average Bonchev–Trinajstić information content (AvgIpc) is 2.40. The van der Waals surface area contributed by atoms with Gasteiger partial charge in [-0.2, -0.15) is 5.26 Å². The van der Waals surface area contributed by atoms with E-state index in [1.54, 1.807) is 6.92 Å². The zero-order valence-electron chi connectivity index (χ0n) is 11.7. The topological polar surface area (TPSA) is 67.2 Å². The van der Waals surface area contributed by atoms with Gasteiger partial charge in [0.05, 0.1) is 18.4 Å². The molecule has 0 aromatic carbocycles. The molecule has 0 amide bonds. The number of ether oxygens (including phenoxy) is 1. The number of carbonyl (C=O) groups excluding carboxylic acids is 2. The number of carbonyl (C=O) groups is 2. The van der Waals surface area contributed by atoms with Crippen LogP contribution in [0.25, 0.3) is 0 Å². The van der Waals surface area contributed by atoms with Crippen LogP contribution in [-0.2, 0) is 14.3 Å². The Labute approximate surface area is 118 Å². The normalized spacial score (nSPS) is 41.3. The summed E-state index contributed by atoms with van der Waals surface area (Å²) in [6.45, 7) is 5.20. The van der Waals surface area contributed by atoms with E-state index < -0.39 is 11.6 Å². The molecule has 4 saturated carbocycles. The first kappa shape index (κ1) is 13.4. The average molecular weight is 273 g/mol. The van der Waals surface area contributed by atoms with E-state index in [9.17, 15) is 14.9 Å². The van der Waals surface area contributed by atoms with Crippen molar-refractivity contribution in [1.82, 2.24) is 0 Å². The molecule has 4 aliphatic rings. The number of nitriles is 1. The molecule has 4 fully saturated rings. The second-order valence-electron chi connectivity index (χ2n) is 6.62. The van der Waals surface area contributed by atoms with Gasteiger partial charge in [0, 0.05) is 17.4 Å². The fourth-order valence-corrected chi connectivity index (χ4v) is 4.56. The van der Waals surface area contributed by atoms with Gasteiger partial charge in [-0.3, -0.25) is 4.79 Å². The standard InChI is InChI=1S/C16H19NO3/c1-9(2)15(19)20-16(3-4-17)12-6-10-5-11(8-12)14(18)13(16)7-10/h10-13H,1,3,5-8H2,2H3/t10-,11+,12-,13+,16?/m0/s1. The van der Waals surface area contributed by atoms with E-state index in [1.165, 1.54) is 0 Å². The van der Waals surface area contributed by atoms with E-state index in [4.69, 9.17) is 4.74 Å². The third-order valence-electron chi connectivity index (χ3n) is 5.39. The summed E-state index contributed by atoms with van der Waals surface area (Å²) in [5.74, 6) is 0.319. The van der Waals surface area contributed by atoms with Crippen LogP contribution in [0.5, 0.6) is 0 Å². The first-order valence-electron chi connectivity index (χ1n) is 7.27. The molecule has 0 saturated heterocycles. The molecule has 106 valence electrons. The number of nitrogens with zero attached hydrogens (tertiary/aromatic N) is 1. The summed E-state index contributed by atoms with van der Waals surface area (Å²) < 4.78 is 5.71. The molecule has 4 bridgehead atoms. The Morgan fingerprint density at radius 1 is 1.45 bits per heavy atom. The molecule has 0 aromatic heterocycles. The molecule has 0 radical (unpaired) electrons. The fraction of sp³-hybridized carbons (Fsp3) is 0.688. The molecule has 4 aliphatic carbocycles. The molecule has 1 unspecified atom stereocenters. The van der Waals surface area contributed by atoms with E-state index in [0.29, 0.717) is 11.5 Å². The molecule has 0 aromatic rings. The molecule has 20 heavy (non-hydrogen) atoms. The second-order valence-corrected chi connectivity index (χ2v) is 6.62. The Kier molecular flexibility index (Phi) is 2.97. The Morgan fingerprint density at radius 2 is 2.20 bits per heavy atom. The highest BCUT2D eigenvalue weighted by Gasteiger charge is 2.63. The van der Waals surface area contributed by atoms with Gasteiger partial charge < -0.3 is 4.74 Å². The molecule has 5 atom stereocenters. The number of rotatable bonds is 3. The molecule has 4 heteroatoms. The Balaban J connectivity index is 1.97. The minimum Gasteiger partial charge on any atom is -0.454 e. The lowest BCUT2D eigenvalue weighted by Gasteiger charge is -2.58. The van der Waals surface area contributed by atoms with E-state index in [2.05, 4.69) is 12.6 Å². The molecule has 0 aliphatic heterocycles. The maximum atomic E-state index is 12.5. The van der Waals surface area contributed by atoms with Gasteiger partial charge in [-0.15, -0.1) is 0 Å². The number of ketones is 1. The van der Waals surface area contributed by atoms with Crippen molar-refractivity contribution in [1.29, 1.82) is 5.26 Å². The van der Waals surface area contributed by atoms with Gasteiger partial charge in [0.1, 0.15) is 11.4 Å². The molecule has 4 nitrogen and oxygen atoms in total. The van der Waals surface area contributed by atoms with Gasteiger partial charge in [0.2, 0.25) is 0 Å². The highest BCUT2D eigenvalue weighted by atomic mass is 16.6. The van der Waals surface area contributed by atoms with Crippen LogP contribution in [0.2, 0.25) is 0 Å². The summed E-state index contributed by atoms with van der Waals surface area (Å²) >= 11 is 0. The number of hydrogen-bond donors (Lipinski definition) is 0. The quantitative estimate of drug-likeness (QED) is 0.585. The minimum absolute atomic E-state index is 0.118. The van der Waals surface area contributed by atoms with E-state index in [1.807, 2.05) is 0 Å². The van der Waals surface area contributed by atoms with Crippen molar-refractivity contribution in [3.63, 3.8) is 0 Å². The van der Waals surface area contributed by atoms with Gasteiger partial charge >= 0.3 is 5.97 Å². The van der Waals surface area contributed by atoms with E-state index in [0.717, 1.165) is 25.7 Å². The predicted molar refractivity (Wildman–Crippen MR) is 71.3 cm³/mol. The van der Waals surface area contributed by atoms with Crippen LogP contribution in [0, 0.1) is 35.0 Å². The predicted octanol–water partition coefficient (Wildman–Crippen LogP) is 2.39. The van der Waals surface area contributed by atoms with Crippen molar-refractivity contribution in [2.24, 2.45) is 23.7 Å². The zero-order valence-corrected chi connectivity index (χ0v) is 11.7. The third-order valence-corrected chi connectivity index (χ3v) is 5.39. The van der Waals surface area contributed by atoms with Crippen molar-refractivity contribution >= 4 is 11.8 Å². The van der Waals surface area contributed by atoms with Gasteiger partial charge in [0.15, 0.2) is 0 Å². The van der Waals surface area contributed by atoms with Crippen LogP contribution in [-0.4, -0.2) is 17.4 Å². The number of hydrogen-bond acceptors (Lipinski definition) is 4. The molecule has 4 rings (SSSR count). The van der Waals surface area contributed by atoms with Crippen LogP contribution in [0.1, 0.15) is 39.0 Å². The maximum Gasteiger partial charge on any atom is 0.333 e. The van der Waals surface area contributed by atoms with Crippen molar-refractivity contribution in [3.8, 4) is 6.07 Å². The minimum atomic E-state index is -0.894. The molecular formula is C16H19NO3. The second kappa shape index (κ2) is 4.44. The Bertz CT molecular complexity index is 532. The molecule has 0 heterocycles. The Hall–Kier alpha value is -1.63. The maximum absolute atomic E-state index is 12.5. The highest BCUT2D eigenvalue weighted by molar-refractivity contribution is 5.90. The van der Waals surface area contributed by atoms with Crippen molar-refractivity contribution in [2.75, 3.05) is 0 Å². The van der Waals surface area contributed by atoms with Crippen LogP contribution in [0.15, 0.2) is 12.2 Å². The summed E-state index contributed by atoms with van der Waals surface area (Å²) in [5, 5.41) is 9.18. The van der Waals surface area contributed by atoms with Crippen LogP contribution in [0.3, 0.4) is 0 Å². The number of Topliss-reactive ketones (excluding diaryl/α,β-unsaturated/α-hetero) is 1. The Morgan fingerprint density at radius 3 is 2.85 bits per heavy atom.